The van der Waals surface area contributed by atoms with E-state index >= 15 is 0 Å². The standard InChI is InChI=1S/C25H14ClF3N2O/c26-19-8-4-15(5-9-19)16-6-10-22-21(12-16)24-17(14-30-22)7-11-23(32)31(24)20-3-1-2-18(13-20)25(27,28)29/h1-14H. The summed E-state index contributed by atoms with van der Waals surface area (Å²) in [6.45, 7) is 0. The molecule has 7 heteroatoms. The third-order valence-electron chi connectivity index (χ3n) is 5.33. The van der Waals surface area contributed by atoms with Crippen molar-refractivity contribution in [1.82, 2.24) is 9.55 Å². The number of hydrogen-bond donors (Lipinski definition) is 0. The average Bonchev–Trinajstić information content (AvgIpc) is 2.78. The van der Waals surface area contributed by atoms with E-state index in [9.17, 15) is 18.0 Å². The summed E-state index contributed by atoms with van der Waals surface area (Å²) >= 11 is 5.99. The van der Waals surface area contributed by atoms with Crippen molar-refractivity contribution < 1.29 is 13.2 Å². The number of halogens is 4. The second-order valence-corrected chi connectivity index (χ2v) is 7.79. The van der Waals surface area contributed by atoms with Crippen LogP contribution in [-0.4, -0.2) is 9.55 Å². The van der Waals surface area contributed by atoms with Gasteiger partial charge in [0.2, 0.25) is 0 Å². The molecule has 32 heavy (non-hydrogen) atoms. The van der Waals surface area contributed by atoms with Crippen molar-refractivity contribution in [3.63, 3.8) is 0 Å². The van der Waals surface area contributed by atoms with Crippen molar-refractivity contribution in [3.05, 3.63) is 106 Å². The van der Waals surface area contributed by atoms with Gasteiger partial charge < -0.3 is 0 Å². The summed E-state index contributed by atoms with van der Waals surface area (Å²) in [6.07, 6.45) is -2.90. The van der Waals surface area contributed by atoms with Crippen molar-refractivity contribution in [2.75, 3.05) is 0 Å². The Morgan fingerprint density at radius 3 is 2.34 bits per heavy atom. The molecule has 0 saturated carbocycles. The van der Waals surface area contributed by atoms with Crippen LogP contribution in [0, 0.1) is 0 Å². The maximum atomic E-state index is 13.3. The molecule has 5 rings (SSSR count). The van der Waals surface area contributed by atoms with Gasteiger partial charge in [0.1, 0.15) is 0 Å². The van der Waals surface area contributed by atoms with Gasteiger partial charge in [-0.1, -0.05) is 35.9 Å². The fraction of sp³-hybridized carbons (Fsp3) is 0.0400. The zero-order valence-corrected chi connectivity index (χ0v) is 17.2. The third kappa shape index (κ3) is 3.52. The van der Waals surface area contributed by atoms with Gasteiger partial charge in [0.25, 0.3) is 5.56 Å². The van der Waals surface area contributed by atoms with E-state index in [1.54, 1.807) is 24.4 Å². The molecule has 0 spiro atoms. The smallest absolute Gasteiger partial charge is 0.276 e. The van der Waals surface area contributed by atoms with Crippen molar-refractivity contribution in [2.24, 2.45) is 0 Å². The number of fused-ring (bicyclic) bond motifs is 3. The number of aromatic nitrogens is 2. The molecule has 0 atom stereocenters. The summed E-state index contributed by atoms with van der Waals surface area (Å²) in [5, 5.41) is 1.91. The second-order valence-electron chi connectivity index (χ2n) is 7.36. The predicted octanol–water partition coefficient (Wildman–Crippen LogP) is 6.88. The molecule has 3 aromatic carbocycles. The molecular weight excluding hydrogens is 437 g/mol. The quantitative estimate of drug-likeness (QED) is 0.275. The van der Waals surface area contributed by atoms with Crippen LogP contribution in [0.15, 0.2) is 89.9 Å². The molecule has 2 aromatic heterocycles. The summed E-state index contributed by atoms with van der Waals surface area (Å²) in [4.78, 5) is 17.3. The van der Waals surface area contributed by atoms with Gasteiger partial charge in [-0.3, -0.25) is 14.3 Å². The molecule has 0 amide bonds. The first-order valence-corrected chi connectivity index (χ1v) is 10.1. The van der Waals surface area contributed by atoms with E-state index in [1.807, 2.05) is 30.3 Å². The van der Waals surface area contributed by atoms with Crippen molar-refractivity contribution in [3.8, 4) is 16.8 Å². The number of hydrogen-bond acceptors (Lipinski definition) is 2. The number of pyridine rings is 2. The van der Waals surface area contributed by atoms with E-state index in [1.165, 1.54) is 22.8 Å². The normalized spacial score (nSPS) is 11.9. The van der Waals surface area contributed by atoms with Gasteiger partial charge in [-0.15, -0.1) is 0 Å². The summed E-state index contributed by atoms with van der Waals surface area (Å²) in [5.74, 6) is 0. The second kappa shape index (κ2) is 7.50. The van der Waals surface area contributed by atoms with Crippen LogP contribution in [0.25, 0.3) is 38.6 Å². The molecule has 0 aliphatic heterocycles. The van der Waals surface area contributed by atoms with Gasteiger partial charge in [0.15, 0.2) is 0 Å². The molecule has 0 fully saturated rings. The Bertz CT molecular complexity index is 1540. The maximum absolute atomic E-state index is 13.3. The molecule has 0 saturated heterocycles. The van der Waals surface area contributed by atoms with E-state index in [2.05, 4.69) is 4.98 Å². The number of nitrogens with zero attached hydrogens (tertiary/aromatic N) is 2. The minimum Gasteiger partial charge on any atom is -0.276 e. The minimum atomic E-state index is -4.52. The van der Waals surface area contributed by atoms with Gasteiger partial charge >= 0.3 is 6.18 Å². The number of alkyl halides is 3. The van der Waals surface area contributed by atoms with Gasteiger partial charge in [-0.25, -0.2) is 0 Å². The molecule has 2 heterocycles. The highest BCUT2D eigenvalue weighted by atomic mass is 35.5. The topological polar surface area (TPSA) is 34.9 Å². The lowest BCUT2D eigenvalue weighted by molar-refractivity contribution is -0.137. The lowest BCUT2D eigenvalue weighted by Crippen LogP contribution is -2.18. The highest BCUT2D eigenvalue weighted by Crippen LogP contribution is 2.33. The third-order valence-corrected chi connectivity index (χ3v) is 5.58. The zero-order chi connectivity index (χ0) is 22.5. The van der Waals surface area contributed by atoms with Gasteiger partial charge in [0.05, 0.1) is 16.6 Å². The van der Waals surface area contributed by atoms with Crippen LogP contribution in [0.1, 0.15) is 5.56 Å². The predicted molar refractivity (Wildman–Crippen MR) is 120 cm³/mol. The van der Waals surface area contributed by atoms with Crippen LogP contribution in [0.4, 0.5) is 13.2 Å². The van der Waals surface area contributed by atoms with Crippen LogP contribution >= 0.6 is 11.6 Å². The van der Waals surface area contributed by atoms with Crippen molar-refractivity contribution in [2.45, 2.75) is 6.18 Å². The average molecular weight is 451 g/mol. The molecule has 0 aliphatic rings. The first-order chi connectivity index (χ1) is 15.3. The van der Waals surface area contributed by atoms with Gasteiger partial charge in [-0.05, 0) is 59.7 Å². The Balaban J connectivity index is 1.84. The summed E-state index contributed by atoms with van der Waals surface area (Å²) < 4.78 is 41.2. The van der Waals surface area contributed by atoms with Crippen LogP contribution in [0.3, 0.4) is 0 Å². The summed E-state index contributed by atoms with van der Waals surface area (Å²) in [7, 11) is 0. The Morgan fingerprint density at radius 2 is 1.59 bits per heavy atom. The maximum Gasteiger partial charge on any atom is 0.416 e. The molecule has 0 N–H and O–H groups in total. The Kier molecular flexibility index (Phi) is 4.75. The highest BCUT2D eigenvalue weighted by molar-refractivity contribution is 6.30. The van der Waals surface area contributed by atoms with E-state index in [0.29, 0.717) is 26.8 Å². The van der Waals surface area contributed by atoms with E-state index in [0.717, 1.165) is 23.3 Å². The molecule has 0 bridgehead atoms. The Labute approximate surface area is 185 Å². The van der Waals surface area contributed by atoms with E-state index in [-0.39, 0.29) is 5.69 Å². The molecule has 158 valence electrons. The molecule has 0 unspecified atom stereocenters. The fourth-order valence-electron chi connectivity index (χ4n) is 3.81. The lowest BCUT2D eigenvalue weighted by atomic mass is 10.0. The van der Waals surface area contributed by atoms with Crippen LogP contribution in [-0.2, 0) is 6.18 Å². The van der Waals surface area contributed by atoms with Gasteiger partial charge in [-0.2, -0.15) is 13.2 Å². The van der Waals surface area contributed by atoms with Crippen LogP contribution < -0.4 is 5.56 Å². The number of rotatable bonds is 2. The van der Waals surface area contributed by atoms with Crippen LogP contribution in [0.5, 0.6) is 0 Å². The summed E-state index contributed by atoms with van der Waals surface area (Å²) in [5.41, 5.74) is 1.80. The van der Waals surface area contributed by atoms with Crippen LogP contribution in [0.2, 0.25) is 5.02 Å². The fourth-order valence-corrected chi connectivity index (χ4v) is 3.94. The van der Waals surface area contributed by atoms with E-state index < -0.39 is 17.3 Å². The molecular formula is C25H14ClF3N2O. The first-order valence-electron chi connectivity index (χ1n) is 9.69. The van der Waals surface area contributed by atoms with E-state index in [4.69, 9.17) is 11.6 Å². The minimum absolute atomic E-state index is 0.139. The molecule has 0 radical (unpaired) electrons. The molecule has 0 aliphatic carbocycles. The zero-order valence-electron chi connectivity index (χ0n) is 16.4. The largest absolute Gasteiger partial charge is 0.416 e. The van der Waals surface area contributed by atoms with Crippen molar-refractivity contribution in [1.29, 1.82) is 0 Å². The number of benzene rings is 3. The van der Waals surface area contributed by atoms with Crippen molar-refractivity contribution >= 4 is 33.4 Å². The Morgan fingerprint density at radius 1 is 0.844 bits per heavy atom. The van der Waals surface area contributed by atoms with Gasteiger partial charge in [0, 0.05) is 33.7 Å². The lowest BCUT2D eigenvalue weighted by Gasteiger charge is -2.15. The molecule has 3 nitrogen and oxygen atoms in total. The SMILES string of the molecule is O=c1ccc2cnc3ccc(-c4ccc(Cl)cc4)cc3c2n1-c1cccc(C(F)(F)F)c1. The Hall–Kier alpha value is -3.64. The first kappa shape index (κ1) is 20.3. The summed E-state index contributed by atoms with van der Waals surface area (Å²) in [6, 6.07) is 20.6. The highest BCUT2D eigenvalue weighted by Gasteiger charge is 2.30. The molecule has 5 aromatic rings. The monoisotopic (exact) mass is 450 g/mol.